The first-order valence-corrected chi connectivity index (χ1v) is 2.00. The molecule has 0 radical (unpaired) electrons. The molecule has 0 atom stereocenters. The van der Waals surface area contributed by atoms with Gasteiger partial charge in [-0.1, -0.05) is 0 Å². The van der Waals surface area contributed by atoms with Crippen molar-refractivity contribution in [2.75, 3.05) is 0 Å². The molecule has 0 aromatic heterocycles. The summed E-state index contributed by atoms with van der Waals surface area (Å²) in [6, 6.07) is 0. The van der Waals surface area contributed by atoms with Crippen LogP contribution in [0.25, 0.3) is 0 Å². The zero-order valence-corrected chi connectivity index (χ0v) is 7.95. The Balaban J connectivity index is -0.0000000800. The summed E-state index contributed by atoms with van der Waals surface area (Å²) >= 11 is 0. The van der Waals surface area contributed by atoms with Gasteiger partial charge < -0.3 is 15.3 Å². The Hall–Kier alpha value is 0.700. The fraction of sp³-hybridized carbons (Fsp3) is 0. The molecule has 4 N–H and O–H groups in total. The summed E-state index contributed by atoms with van der Waals surface area (Å²) in [7, 11) is -5.17. The summed E-state index contributed by atoms with van der Waals surface area (Å²) in [6.45, 7) is 0. The Morgan fingerprint density at radius 2 is 1.14 bits per heavy atom. The molecule has 0 aliphatic rings. The molecular weight excluding hydrogens is 289 g/mol. The largest absolute Gasteiger partial charge is 0.759 e. The van der Waals surface area contributed by atoms with Crippen molar-refractivity contribution in [2.24, 2.45) is 0 Å². The minimum atomic E-state index is -5.17. The first-order chi connectivity index (χ1) is 2.00. The molecule has 0 fully saturated rings. The fourth-order valence-corrected chi connectivity index (χ4v) is 0. The molecule has 0 amide bonds. The number of hydrogen-bond acceptors (Lipinski definition) is 4. The summed E-state index contributed by atoms with van der Waals surface area (Å²) in [5.74, 6) is 0. The number of rotatable bonds is 0. The molecule has 0 heterocycles. The van der Waals surface area contributed by atoms with E-state index in [4.69, 9.17) is 17.5 Å². The first kappa shape index (κ1) is 15.6. The molecule has 7 heteroatoms. The molecule has 0 saturated carbocycles. The second-order valence-corrected chi connectivity index (χ2v) is 1.22. The van der Waals surface area contributed by atoms with Gasteiger partial charge in [-0.3, -0.25) is 8.42 Å². The van der Waals surface area contributed by atoms with E-state index < -0.39 is 10.4 Å². The average molecular weight is 293 g/mol. The Morgan fingerprint density at radius 1 is 1.14 bits per heavy atom. The number of hydrogen-bond donors (Lipinski definition) is 1. The minimum Gasteiger partial charge on any atom is -0.759 e. The molecule has 7 heavy (non-hydrogen) atoms. The zero-order valence-electron chi connectivity index (χ0n) is 3.54. The standard InChI is InChI=1S/Hf.H3N.H2O4S/c;;1-5(2,3)4/h;1H3;(H2,1,2,3,4)/p-1. The van der Waals surface area contributed by atoms with Crippen molar-refractivity contribution >= 4 is 10.4 Å². The maximum Gasteiger partial charge on any atom is 0.0311 e. The summed E-state index contributed by atoms with van der Waals surface area (Å²) in [4.78, 5) is 0. The van der Waals surface area contributed by atoms with Gasteiger partial charge in [0.2, 0.25) is 0 Å². The van der Waals surface area contributed by atoms with Gasteiger partial charge in [-0.05, 0) is 0 Å². The van der Waals surface area contributed by atoms with Gasteiger partial charge in [0.1, 0.15) is 0 Å². The van der Waals surface area contributed by atoms with Crippen LogP contribution < -0.4 is 6.15 Å². The zero-order chi connectivity index (χ0) is 4.50. The van der Waals surface area contributed by atoms with Crippen molar-refractivity contribution < 1.29 is 43.4 Å². The third kappa shape index (κ3) is 302. The van der Waals surface area contributed by atoms with E-state index in [0.29, 0.717) is 0 Å². The fourth-order valence-electron chi connectivity index (χ4n) is 0. The van der Waals surface area contributed by atoms with Gasteiger partial charge in [-0.2, -0.15) is 0 Å². The predicted octanol–water partition coefficient (Wildman–Crippen LogP) is -0.964. The molecule has 0 bridgehead atoms. The third-order valence-electron chi connectivity index (χ3n) is 0. The summed E-state index contributed by atoms with van der Waals surface area (Å²) in [6.07, 6.45) is 0. The van der Waals surface area contributed by atoms with Crippen molar-refractivity contribution in [2.45, 2.75) is 0 Å². The van der Waals surface area contributed by atoms with Crippen LogP contribution in [0.4, 0.5) is 0 Å². The molecule has 0 aromatic rings. The summed E-state index contributed by atoms with van der Waals surface area (Å²) < 4.78 is 34.1. The smallest absolute Gasteiger partial charge is 0.0311 e. The van der Waals surface area contributed by atoms with E-state index in [1.807, 2.05) is 0 Å². The maximum atomic E-state index is 8.52. The Kier molecular flexibility index (Phi) is 10.8. The Labute approximate surface area is 60.1 Å². The molecule has 5 nitrogen and oxygen atoms in total. The van der Waals surface area contributed by atoms with Gasteiger partial charge in [-0.25, -0.2) is 0 Å². The van der Waals surface area contributed by atoms with E-state index in [1.54, 1.807) is 0 Å². The van der Waals surface area contributed by atoms with Gasteiger partial charge in [-0.15, -0.1) is 0 Å². The average Bonchev–Trinajstić information content (AvgIpc) is 0.722. The Bertz CT molecular complexity index is 94.9. The van der Waals surface area contributed by atoms with Crippen LogP contribution in [-0.4, -0.2) is 17.5 Å². The molecule has 44 valence electrons. The number of quaternary nitrogens is 1. The summed E-state index contributed by atoms with van der Waals surface area (Å²) in [5.41, 5.74) is 0. The van der Waals surface area contributed by atoms with Crippen molar-refractivity contribution in [3.8, 4) is 0 Å². The molecule has 0 saturated heterocycles. The van der Waals surface area contributed by atoms with Crippen LogP contribution >= 0.6 is 0 Å². The van der Waals surface area contributed by atoms with Gasteiger partial charge >= 0.3 is 0 Å². The maximum absolute atomic E-state index is 8.52. The van der Waals surface area contributed by atoms with Crippen molar-refractivity contribution in [3.63, 3.8) is 0 Å². The van der Waals surface area contributed by atoms with Gasteiger partial charge in [0.25, 0.3) is 0 Å². The quantitative estimate of drug-likeness (QED) is 0.351. The predicted molar refractivity (Wildman–Crippen MR) is 16.5 cm³/mol. The monoisotopic (exact) mass is 294 g/mol. The van der Waals surface area contributed by atoms with E-state index in [1.165, 1.54) is 0 Å². The van der Waals surface area contributed by atoms with E-state index in [2.05, 4.69) is 0 Å². The summed E-state index contributed by atoms with van der Waals surface area (Å²) in [5, 5.41) is 0. The second kappa shape index (κ2) is 4.85. The van der Waals surface area contributed by atoms with E-state index in [9.17, 15) is 0 Å². The van der Waals surface area contributed by atoms with Crippen LogP contribution in [0.3, 0.4) is 0 Å². The van der Waals surface area contributed by atoms with Crippen LogP contribution in [-0.2, 0) is 36.2 Å². The van der Waals surface area contributed by atoms with E-state index >= 15 is 0 Å². The first-order valence-electron chi connectivity index (χ1n) is 0.667. The minimum absolute atomic E-state index is 0. The normalized spacial score (nSPS) is 8.29. The Morgan fingerprint density at radius 3 is 1.14 bits per heavy atom. The van der Waals surface area contributed by atoms with Crippen LogP contribution in [0.2, 0.25) is 0 Å². The van der Waals surface area contributed by atoms with Crippen molar-refractivity contribution in [1.82, 2.24) is 6.15 Å². The second-order valence-electron chi connectivity index (χ2n) is 0.408. The van der Waals surface area contributed by atoms with Crippen LogP contribution in [0.1, 0.15) is 0 Å². The van der Waals surface area contributed by atoms with E-state index in [0.717, 1.165) is 0 Å². The van der Waals surface area contributed by atoms with Gasteiger partial charge in [0.15, 0.2) is 0 Å². The van der Waals surface area contributed by atoms with E-state index in [-0.39, 0.29) is 32.0 Å². The third-order valence-corrected chi connectivity index (χ3v) is 0. The van der Waals surface area contributed by atoms with Crippen LogP contribution in [0.5, 0.6) is 0 Å². The molecule has 0 rings (SSSR count). The molecule has 0 unspecified atom stereocenters. The molecule has 0 aliphatic carbocycles. The van der Waals surface area contributed by atoms with Crippen molar-refractivity contribution in [1.29, 1.82) is 0 Å². The SMILES string of the molecule is O=S(=O)([O-])[O-].[Hf].[NH4+]. The van der Waals surface area contributed by atoms with Crippen LogP contribution in [0.15, 0.2) is 0 Å². The molecule has 0 spiro atoms. The van der Waals surface area contributed by atoms with Crippen molar-refractivity contribution in [3.05, 3.63) is 0 Å². The molecule has 0 aromatic carbocycles. The van der Waals surface area contributed by atoms with Gasteiger partial charge in [0, 0.05) is 36.2 Å². The topological polar surface area (TPSA) is 117 Å². The van der Waals surface area contributed by atoms with Crippen LogP contribution in [0, 0.1) is 0 Å². The molecule has 0 aliphatic heterocycles. The molecular formula is H4HfNO4S-. The van der Waals surface area contributed by atoms with Gasteiger partial charge in [0.05, 0.1) is 0 Å².